The van der Waals surface area contributed by atoms with E-state index in [-0.39, 0.29) is 29.7 Å². The summed E-state index contributed by atoms with van der Waals surface area (Å²) in [6.07, 6.45) is 5.12. The van der Waals surface area contributed by atoms with Gasteiger partial charge in [-0.05, 0) is 24.3 Å². The Morgan fingerprint density at radius 3 is 2.61 bits per heavy atom. The van der Waals surface area contributed by atoms with E-state index in [0.29, 0.717) is 5.75 Å². The van der Waals surface area contributed by atoms with E-state index < -0.39 is 11.8 Å². The van der Waals surface area contributed by atoms with Crippen molar-refractivity contribution in [2.45, 2.75) is 0 Å². The van der Waals surface area contributed by atoms with Crippen molar-refractivity contribution in [2.75, 3.05) is 13.2 Å². The van der Waals surface area contributed by atoms with E-state index in [0.717, 1.165) is 6.07 Å². The summed E-state index contributed by atoms with van der Waals surface area (Å²) in [5.41, 5.74) is 0. The molecule has 0 fully saturated rings. The lowest BCUT2D eigenvalue weighted by molar-refractivity contribution is -0.136. The lowest BCUT2D eigenvalue weighted by Gasteiger charge is -2.10. The molecule has 23 heavy (non-hydrogen) atoms. The third kappa shape index (κ3) is 4.90. The van der Waals surface area contributed by atoms with Crippen LogP contribution in [0, 0.1) is 18.2 Å². The number of halogens is 2. The predicted octanol–water partition coefficient (Wildman–Crippen LogP) is 3.48. The molecular formula is C17H12ClFO4. The van der Waals surface area contributed by atoms with Gasteiger partial charge in [0.2, 0.25) is 0 Å². The minimum Gasteiger partial charge on any atom is -0.482 e. The van der Waals surface area contributed by atoms with Gasteiger partial charge in [-0.25, -0.2) is 9.18 Å². The Morgan fingerprint density at radius 2 is 1.91 bits per heavy atom. The van der Waals surface area contributed by atoms with Crippen LogP contribution >= 0.6 is 11.6 Å². The maximum Gasteiger partial charge on any atom is 0.349 e. The van der Waals surface area contributed by atoms with Crippen molar-refractivity contribution in [2.24, 2.45) is 0 Å². The first kappa shape index (κ1) is 16.7. The molecule has 2 rings (SSSR count). The van der Waals surface area contributed by atoms with Gasteiger partial charge >= 0.3 is 5.97 Å². The smallest absolute Gasteiger partial charge is 0.349 e. The second-order valence-electron chi connectivity index (χ2n) is 4.28. The molecule has 2 aromatic rings. The van der Waals surface area contributed by atoms with Gasteiger partial charge in [0.25, 0.3) is 0 Å². The Morgan fingerprint density at radius 1 is 1.17 bits per heavy atom. The zero-order valence-corrected chi connectivity index (χ0v) is 12.7. The summed E-state index contributed by atoms with van der Waals surface area (Å²) in [7, 11) is 0. The lowest BCUT2D eigenvalue weighted by atomic mass is 10.3. The maximum atomic E-state index is 13.0. The van der Waals surface area contributed by atoms with Gasteiger partial charge in [-0.3, -0.25) is 0 Å². The summed E-state index contributed by atoms with van der Waals surface area (Å²) in [5, 5.41) is -0.0936. The minimum absolute atomic E-state index is 0.0547. The Balaban J connectivity index is 1.94. The van der Waals surface area contributed by atoms with Gasteiger partial charge in [-0.15, -0.1) is 6.42 Å². The fourth-order valence-corrected chi connectivity index (χ4v) is 1.80. The van der Waals surface area contributed by atoms with E-state index in [2.05, 4.69) is 5.92 Å². The fraction of sp³-hybridized carbons (Fsp3) is 0.118. The average Bonchev–Trinajstić information content (AvgIpc) is 2.55. The van der Waals surface area contributed by atoms with Crippen LogP contribution in [-0.2, 0) is 4.79 Å². The zero-order valence-electron chi connectivity index (χ0n) is 11.9. The van der Waals surface area contributed by atoms with Gasteiger partial charge in [-0.2, -0.15) is 0 Å². The Bertz CT molecular complexity index is 740. The summed E-state index contributed by atoms with van der Waals surface area (Å²) >= 11 is 5.62. The number of esters is 1. The van der Waals surface area contributed by atoms with E-state index >= 15 is 0 Å². The van der Waals surface area contributed by atoms with E-state index in [9.17, 15) is 9.18 Å². The molecule has 0 bridgehead atoms. The van der Waals surface area contributed by atoms with Crippen molar-refractivity contribution < 1.29 is 23.4 Å². The van der Waals surface area contributed by atoms with Crippen LogP contribution in [0.25, 0.3) is 0 Å². The van der Waals surface area contributed by atoms with Crippen LogP contribution in [0.4, 0.5) is 4.39 Å². The molecule has 0 atom stereocenters. The van der Waals surface area contributed by atoms with Crippen LogP contribution in [0.1, 0.15) is 0 Å². The van der Waals surface area contributed by atoms with Crippen LogP contribution < -0.4 is 14.2 Å². The highest BCUT2D eigenvalue weighted by atomic mass is 35.5. The molecule has 0 heterocycles. The molecule has 0 saturated carbocycles. The van der Waals surface area contributed by atoms with E-state index in [1.807, 2.05) is 0 Å². The van der Waals surface area contributed by atoms with Gasteiger partial charge in [0, 0.05) is 6.07 Å². The molecule has 0 aliphatic rings. The van der Waals surface area contributed by atoms with E-state index in [4.69, 9.17) is 32.2 Å². The molecule has 0 unspecified atom stereocenters. The van der Waals surface area contributed by atoms with Gasteiger partial charge in [0.05, 0.1) is 5.02 Å². The number of ether oxygens (including phenoxy) is 3. The average molecular weight is 335 g/mol. The van der Waals surface area contributed by atoms with Crippen molar-refractivity contribution in [1.82, 2.24) is 0 Å². The van der Waals surface area contributed by atoms with Crippen molar-refractivity contribution in [3.8, 4) is 29.6 Å². The third-order valence-corrected chi connectivity index (χ3v) is 2.92. The summed E-state index contributed by atoms with van der Waals surface area (Å²) in [4.78, 5) is 11.8. The Kier molecular flexibility index (Phi) is 5.84. The van der Waals surface area contributed by atoms with Crippen LogP contribution in [0.5, 0.6) is 17.2 Å². The second-order valence-corrected chi connectivity index (χ2v) is 4.69. The molecule has 0 N–H and O–H groups in total. The minimum atomic E-state index is -0.651. The predicted molar refractivity (Wildman–Crippen MR) is 83.3 cm³/mol. The highest BCUT2D eigenvalue weighted by Crippen LogP contribution is 2.26. The molecular weight excluding hydrogens is 323 g/mol. The molecule has 0 amide bonds. The number of rotatable bonds is 6. The van der Waals surface area contributed by atoms with Crippen molar-refractivity contribution >= 4 is 17.6 Å². The number of hydrogen-bond acceptors (Lipinski definition) is 4. The fourth-order valence-electron chi connectivity index (χ4n) is 1.63. The van der Waals surface area contributed by atoms with Gasteiger partial charge in [0.1, 0.15) is 18.2 Å². The van der Waals surface area contributed by atoms with Crippen molar-refractivity contribution in [3.05, 3.63) is 53.3 Å². The van der Waals surface area contributed by atoms with Crippen LogP contribution in [-0.4, -0.2) is 19.2 Å². The maximum absolute atomic E-state index is 13.0. The number of hydrogen-bond donors (Lipinski definition) is 0. The molecule has 0 spiro atoms. The molecule has 6 heteroatoms. The zero-order chi connectivity index (χ0) is 16.7. The topological polar surface area (TPSA) is 44.8 Å². The molecule has 0 aliphatic heterocycles. The van der Waals surface area contributed by atoms with Crippen molar-refractivity contribution in [3.63, 3.8) is 0 Å². The number of terminal acetylenes is 1. The molecule has 118 valence electrons. The normalized spacial score (nSPS) is 9.78. The number of para-hydroxylation sites is 2. The van der Waals surface area contributed by atoms with E-state index in [1.54, 1.807) is 24.3 Å². The second kappa shape index (κ2) is 8.06. The molecule has 0 radical (unpaired) electrons. The first-order valence-electron chi connectivity index (χ1n) is 6.54. The molecule has 0 saturated heterocycles. The van der Waals surface area contributed by atoms with Gasteiger partial charge in [0.15, 0.2) is 18.1 Å². The summed E-state index contributed by atoms with van der Waals surface area (Å²) in [6.45, 7) is -0.315. The van der Waals surface area contributed by atoms with Gasteiger partial charge in [-0.1, -0.05) is 29.7 Å². The Hall–Kier alpha value is -2.71. The highest BCUT2D eigenvalue weighted by Gasteiger charge is 2.11. The molecule has 4 nitrogen and oxygen atoms in total. The largest absolute Gasteiger partial charge is 0.482 e. The first-order chi connectivity index (χ1) is 11.1. The highest BCUT2D eigenvalue weighted by molar-refractivity contribution is 6.30. The van der Waals surface area contributed by atoms with Crippen LogP contribution in [0.3, 0.4) is 0 Å². The monoisotopic (exact) mass is 334 g/mol. The van der Waals surface area contributed by atoms with Crippen LogP contribution in [0.2, 0.25) is 5.02 Å². The SMILES string of the molecule is C#CCOc1ccccc1OC(=O)COc1ccc(F)c(Cl)c1. The summed E-state index contributed by atoms with van der Waals surface area (Å²) < 4.78 is 28.6. The quantitative estimate of drug-likeness (QED) is 0.461. The molecule has 0 aromatic heterocycles. The molecule has 2 aromatic carbocycles. The van der Waals surface area contributed by atoms with E-state index in [1.165, 1.54) is 12.1 Å². The summed E-state index contributed by atoms with van der Waals surface area (Å²) in [5.74, 6) is 1.94. The number of carbonyl (C=O) groups excluding carboxylic acids is 1. The first-order valence-corrected chi connectivity index (χ1v) is 6.92. The third-order valence-electron chi connectivity index (χ3n) is 2.63. The molecule has 0 aliphatic carbocycles. The van der Waals surface area contributed by atoms with Gasteiger partial charge < -0.3 is 14.2 Å². The number of carbonyl (C=O) groups is 1. The standard InChI is InChI=1S/C17H12ClFO4/c1-2-9-21-15-5-3-4-6-16(15)23-17(20)11-22-12-7-8-14(19)13(18)10-12/h1,3-8,10H,9,11H2. The Labute approximate surface area is 137 Å². The van der Waals surface area contributed by atoms with Crippen molar-refractivity contribution in [1.29, 1.82) is 0 Å². The van der Waals surface area contributed by atoms with Crippen LogP contribution in [0.15, 0.2) is 42.5 Å². The lowest BCUT2D eigenvalue weighted by Crippen LogP contribution is -2.18. The summed E-state index contributed by atoms with van der Waals surface area (Å²) in [6, 6.07) is 10.4. The number of benzene rings is 2.